The molecule has 28 heavy (non-hydrogen) atoms. The third kappa shape index (κ3) is 4.74. The third-order valence-electron chi connectivity index (χ3n) is 4.87. The SMILES string of the molecule is CN(C)CC(COc1ccc(Cl)cc1)C(O)(c1ccccc1)c1ccccc1. The summed E-state index contributed by atoms with van der Waals surface area (Å²) in [7, 11) is 4.01. The van der Waals surface area contributed by atoms with E-state index in [1.54, 1.807) is 12.1 Å². The molecule has 0 aromatic heterocycles. The van der Waals surface area contributed by atoms with Crippen molar-refractivity contribution >= 4 is 11.6 Å². The zero-order chi connectivity index (χ0) is 20.0. The van der Waals surface area contributed by atoms with E-state index in [1.165, 1.54) is 0 Å². The molecule has 0 spiro atoms. The van der Waals surface area contributed by atoms with Gasteiger partial charge in [-0.25, -0.2) is 0 Å². The standard InChI is InChI=1S/C24H26ClNO2/c1-26(2)17-21(18-28-23-15-13-22(25)14-16-23)24(27,19-9-5-3-6-10-19)20-11-7-4-8-12-20/h3-16,21,27H,17-18H2,1-2H3. The fourth-order valence-corrected chi connectivity index (χ4v) is 3.62. The van der Waals surface area contributed by atoms with Gasteiger partial charge >= 0.3 is 0 Å². The van der Waals surface area contributed by atoms with Crippen LogP contribution in [0, 0.1) is 5.92 Å². The predicted molar refractivity (Wildman–Crippen MR) is 115 cm³/mol. The highest BCUT2D eigenvalue weighted by molar-refractivity contribution is 6.30. The van der Waals surface area contributed by atoms with Crippen molar-refractivity contribution < 1.29 is 9.84 Å². The summed E-state index contributed by atoms with van der Waals surface area (Å²) in [6, 6.07) is 26.9. The molecule has 0 heterocycles. The van der Waals surface area contributed by atoms with Crippen molar-refractivity contribution in [2.45, 2.75) is 5.60 Å². The summed E-state index contributed by atoms with van der Waals surface area (Å²) >= 11 is 5.97. The normalized spacial score (nSPS) is 12.8. The molecule has 0 amide bonds. The van der Waals surface area contributed by atoms with Gasteiger partial charge in [-0.05, 0) is 49.5 Å². The third-order valence-corrected chi connectivity index (χ3v) is 5.12. The number of hydrogen-bond acceptors (Lipinski definition) is 3. The Morgan fingerprint density at radius 3 is 1.82 bits per heavy atom. The molecule has 0 bridgehead atoms. The Morgan fingerprint density at radius 2 is 1.36 bits per heavy atom. The average molecular weight is 396 g/mol. The lowest BCUT2D eigenvalue weighted by molar-refractivity contribution is -0.0153. The van der Waals surface area contributed by atoms with Crippen LogP contribution >= 0.6 is 11.6 Å². The molecular weight excluding hydrogens is 370 g/mol. The summed E-state index contributed by atoms with van der Waals surface area (Å²) < 4.78 is 6.07. The van der Waals surface area contributed by atoms with Crippen LogP contribution in [0.5, 0.6) is 5.75 Å². The number of halogens is 1. The minimum atomic E-state index is -1.18. The maximum atomic E-state index is 12.1. The second-order valence-electron chi connectivity index (χ2n) is 7.22. The highest BCUT2D eigenvalue weighted by Crippen LogP contribution is 2.37. The molecule has 0 saturated carbocycles. The Labute approximate surface area is 172 Å². The molecule has 3 rings (SSSR count). The van der Waals surface area contributed by atoms with Crippen LogP contribution in [0.2, 0.25) is 5.02 Å². The van der Waals surface area contributed by atoms with E-state index in [0.717, 1.165) is 16.9 Å². The van der Waals surface area contributed by atoms with Gasteiger partial charge in [0.05, 0.1) is 6.61 Å². The highest BCUT2D eigenvalue weighted by atomic mass is 35.5. The van der Waals surface area contributed by atoms with Crippen LogP contribution in [0.15, 0.2) is 84.9 Å². The smallest absolute Gasteiger partial charge is 0.122 e. The molecule has 3 aromatic carbocycles. The van der Waals surface area contributed by atoms with Crippen molar-refractivity contribution in [3.63, 3.8) is 0 Å². The first kappa shape index (κ1) is 20.4. The molecule has 3 nitrogen and oxygen atoms in total. The Balaban J connectivity index is 1.98. The van der Waals surface area contributed by atoms with Gasteiger partial charge in [0.1, 0.15) is 11.4 Å². The van der Waals surface area contributed by atoms with Crippen molar-refractivity contribution in [3.05, 3.63) is 101 Å². The molecule has 0 aliphatic heterocycles. The van der Waals surface area contributed by atoms with Gasteiger partial charge in [-0.15, -0.1) is 0 Å². The molecule has 0 saturated heterocycles. The second-order valence-corrected chi connectivity index (χ2v) is 7.66. The molecule has 1 N–H and O–H groups in total. The summed E-state index contributed by atoms with van der Waals surface area (Å²) in [4.78, 5) is 2.08. The topological polar surface area (TPSA) is 32.7 Å². The van der Waals surface area contributed by atoms with Gasteiger partial charge in [0.25, 0.3) is 0 Å². The molecule has 0 aliphatic rings. The Morgan fingerprint density at radius 1 is 0.857 bits per heavy atom. The molecule has 0 aliphatic carbocycles. The molecule has 0 radical (unpaired) electrons. The van der Waals surface area contributed by atoms with E-state index in [0.29, 0.717) is 18.2 Å². The van der Waals surface area contributed by atoms with E-state index in [-0.39, 0.29) is 5.92 Å². The minimum absolute atomic E-state index is 0.192. The molecule has 3 aromatic rings. The van der Waals surface area contributed by atoms with Crippen LogP contribution in [0.25, 0.3) is 0 Å². The number of rotatable bonds is 8. The molecule has 0 fully saturated rings. The van der Waals surface area contributed by atoms with Gasteiger partial charge in [0.2, 0.25) is 0 Å². The van der Waals surface area contributed by atoms with E-state index in [1.807, 2.05) is 86.9 Å². The number of nitrogens with zero attached hydrogens (tertiary/aromatic N) is 1. The molecular formula is C24H26ClNO2. The van der Waals surface area contributed by atoms with E-state index in [4.69, 9.17) is 16.3 Å². The van der Waals surface area contributed by atoms with Crippen LogP contribution < -0.4 is 4.74 Å². The van der Waals surface area contributed by atoms with Crippen LogP contribution in [-0.4, -0.2) is 37.3 Å². The first-order valence-corrected chi connectivity index (χ1v) is 9.74. The van der Waals surface area contributed by atoms with Crippen molar-refractivity contribution in [2.24, 2.45) is 5.92 Å². The largest absolute Gasteiger partial charge is 0.493 e. The lowest BCUT2D eigenvalue weighted by atomic mass is 9.76. The molecule has 1 unspecified atom stereocenters. The molecule has 4 heteroatoms. The summed E-state index contributed by atoms with van der Waals surface area (Å²) in [5, 5.41) is 12.7. The van der Waals surface area contributed by atoms with Crippen LogP contribution in [-0.2, 0) is 5.60 Å². The van der Waals surface area contributed by atoms with Crippen LogP contribution in [0.1, 0.15) is 11.1 Å². The summed E-state index contributed by atoms with van der Waals surface area (Å²) in [6.45, 7) is 1.02. The number of hydrogen-bond donors (Lipinski definition) is 1. The quantitative estimate of drug-likeness (QED) is 0.592. The molecule has 1 atom stereocenters. The van der Waals surface area contributed by atoms with Crippen molar-refractivity contribution in [3.8, 4) is 5.75 Å². The Hall–Kier alpha value is -2.33. The van der Waals surface area contributed by atoms with Gasteiger partial charge in [0, 0.05) is 17.5 Å². The highest BCUT2D eigenvalue weighted by Gasteiger charge is 2.40. The first-order chi connectivity index (χ1) is 13.5. The Bertz CT molecular complexity index is 811. The van der Waals surface area contributed by atoms with Gasteiger partial charge in [-0.1, -0.05) is 72.3 Å². The van der Waals surface area contributed by atoms with Gasteiger partial charge in [0.15, 0.2) is 0 Å². The maximum Gasteiger partial charge on any atom is 0.122 e. The van der Waals surface area contributed by atoms with E-state index in [2.05, 4.69) is 4.90 Å². The Kier molecular flexibility index (Phi) is 6.74. The summed E-state index contributed by atoms with van der Waals surface area (Å²) in [5.74, 6) is 0.541. The van der Waals surface area contributed by atoms with Crippen molar-refractivity contribution in [1.82, 2.24) is 4.90 Å². The maximum absolute atomic E-state index is 12.1. The van der Waals surface area contributed by atoms with E-state index >= 15 is 0 Å². The summed E-state index contributed by atoms with van der Waals surface area (Å²) in [6.07, 6.45) is 0. The van der Waals surface area contributed by atoms with Gasteiger partial charge < -0.3 is 14.7 Å². The zero-order valence-electron chi connectivity index (χ0n) is 16.3. The first-order valence-electron chi connectivity index (χ1n) is 9.36. The van der Waals surface area contributed by atoms with E-state index < -0.39 is 5.60 Å². The number of ether oxygens (including phenoxy) is 1. The van der Waals surface area contributed by atoms with Crippen LogP contribution in [0.3, 0.4) is 0 Å². The number of benzene rings is 3. The fraction of sp³-hybridized carbons (Fsp3) is 0.250. The minimum Gasteiger partial charge on any atom is -0.493 e. The second kappa shape index (κ2) is 9.24. The van der Waals surface area contributed by atoms with Gasteiger partial charge in [-0.2, -0.15) is 0 Å². The van der Waals surface area contributed by atoms with Crippen molar-refractivity contribution in [1.29, 1.82) is 0 Å². The fourth-order valence-electron chi connectivity index (χ4n) is 3.50. The van der Waals surface area contributed by atoms with Crippen molar-refractivity contribution in [2.75, 3.05) is 27.2 Å². The monoisotopic (exact) mass is 395 g/mol. The lowest BCUT2D eigenvalue weighted by Crippen LogP contribution is -2.44. The lowest BCUT2D eigenvalue weighted by Gasteiger charge is -2.38. The predicted octanol–water partition coefficient (Wildman–Crippen LogP) is 4.83. The summed E-state index contributed by atoms with van der Waals surface area (Å²) in [5.41, 5.74) is 0.527. The van der Waals surface area contributed by atoms with Gasteiger partial charge in [-0.3, -0.25) is 0 Å². The van der Waals surface area contributed by atoms with Crippen LogP contribution in [0.4, 0.5) is 0 Å². The van der Waals surface area contributed by atoms with E-state index in [9.17, 15) is 5.11 Å². The number of aliphatic hydroxyl groups is 1. The average Bonchev–Trinajstić information content (AvgIpc) is 2.73. The molecule has 146 valence electrons. The zero-order valence-corrected chi connectivity index (χ0v) is 17.0.